The van der Waals surface area contributed by atoms with Gasteiger partial charge in [-0.1, -0.05) is 37.6 Å². The molecule has 2 aliphatic rings. The number of rotatable bonds is 6. The third-order valence-corrected chi connectivity index (χ3v) is 6.78. The van der Waals surface area contributed by atoms with E-state index in [9.17, 15) is 0 Å². The summed E-state index contributed by atoms with van der Waals surface area (Å²) in [6.45, 7) is 6.79. The van der Waals surface area contributed by atoms with Gasteiger partial charge in [0.05, 0.1) is 6.26 Å². The first-order valence-electron chi connectivity index (χ1n) is 10.9. The van der Waals surface area contributed by atoms with Crippen LogP contribution in [-0.2, 0) is 0 Å². The monoisotopic (exact) mass is 369 g/mol. The second-order valence-electron chi connectivity index (χ2n) is 8.31. The largest absolute Gasteiger partial charge is 0.516 e. The molecule has 1 aromatic rings. The SMILES string of the molecule is C=CCCC1CCC(C2CCC(c3ccc(NC)cc3)CC2)CC1.C=CO. The molecule has 0 saturated heterocycles. The number of aliphatic hydroxyl groups is 1. The smallest absolute Gasteiger partial charge is 0.0719 e. The number of benzene rings is 1. The zero-order valence-electron chi connectivity index (χ0n) is 17.2. The van der Waals surface area contributed by atoms with Gasteiger partial charge in [-0.2, -0.15) is 0 Å². The highest BCUT2D eigenvalue weighted by molar-refractivity contribution is 5.44. The van der Waals surface area contributed by atoms with Gasteiger partial charge in [0.2, 0.25) is 0 Å². The predicted molar refractivity (Wildman–Crippen MR) is 118 cm³/mol. The van der Waals surface area contributed by atoms with Crippen LogP contribution in [0.3, 0.4) is 0 Å². The number of allylic oxidation sites excluding steroid dienone is 1. The quantitative estimate of drug-likeness (QED) is 0.403. The summed E-state index contributed by atoms with van der Waals surface area (Å²) in [7, 11) is 1.99. The third kappa shape index (κ3) is 6.75. The lowest BCUT2D eigenvalue weighted by atomic mass is 9.68. The Hall–Kier alpha value is -1.70. The molecule has 27 heavy (non-hydrogen) atoms. The van der Waals surface area contributed by atoms with E-state index in [0.29, 0.717) is 0 Å². The lowest BCUT2D eigenvalue weighted by Gasteiger charge is -2.38. The molecule has 2 heteroatoms. The van der Waals surface area contributed by atoms with E-state index in [1.54, 1.807) is 5.56 Å². The Morgan fingerprint density at radius 3 is 1.93 bits per heavy atom. The highest BCUT2D eigenvalue weighted by Gasteiger charge is 2.31. The van der Waals surface area contributed by atoms with Crippen LogP contribution in [0.2, 0.25) is 0 Å². The molecule has 1 aromatic carbocycles. The van der Waals surface area contributed by atoms with Gasteiger partial charge in [0.25, 0.3) is 0 Å². The Labute approximate surface area is 166 Å². The fourth-order valence-electron chi connectivity index (χ4n) is 5.15. The van der Waals surface area contributed by atoms with Gasteiger partial charge in [0, 0.05) is 12.7 Å². The fourth-order valence-corrected chi connectivity index (χ4v) is 5.15. The van der Waals surface area contributed by atoms with Crippen molar-refractivity contribution in [3.05, 3.63) is 55.3 Å². The molecule has 2 nitrogen and oxygen atoms in total. The summed E-state index contributed by atoms with van der Waals surface area (Å²) in [5.74, 6) is 3.83. The molecular formula is C25H39NO. The van der Waals surface area contributed by atoms with Crippen LogP contribution in [0.4, 0.5) is 5.69 Å². The number of aliphatic hydroxyl groups excluding tert-OH is 1. The molecule has 2 fully saturated rings. The predicted octanol–water partition coefficient (Wildman–Crippen LogP) is 7.46. The number of anilines is 1. The maximum atomic E-state index is 7.33. The summed E-state index contributed by atoms with van der Waals surface area (Å²) in [5, 5.41) is 10.6. The molecule has 0 heterocycles. The normalized spacial score (nSPS) is 27.7. The molecule has 2 aliphatic carbocycles. The maximum Gasteiger partial charge on any atom is 0.0719 e. The minimum absolute atomic E-state index is 0.750. The summed E-state index contributed by atoms with van der Waals surface area (Å²) < 4.78 is 0. The Balaban J connectivity index is 0.000000817. The molecule has 2 N–H and O–H groups in total. The van der Waals surface area contributed by atoms with Crippen molar-refractivity contribution in [2.45, 2.75) is 70.1 Å². The van der Waals surface area contributed by atoms with Crippen molar-refractivity contribution >= 4 is 5.69 Å². The van der Waals surface area contributed by atoms with E-state index in [-0.39, 0.29) is 0 Å². The molecule has 0 aromatic heterocycles. The highest BCUT2D eigenvalue weighted by Crippen LogP contribution is 2.44. The van der Waals surface area contributed by atoms with Crippen molar-refractivity contribution in [3.63, 3.8) is 0 Å². The molecular weight excluding hydrogens is 330 g/mol. The molecule has 3 rings (SSSR count). The average Bonchev–Trinajstić information content (AvgIpc) is 2.73. The lowest BCUT2D eigenvalue weighted by molar-refractivity contribution is 0.157. The summed E-state index contributed by atoms with van der Waals surface area (Å²) in [4.78, 5) is 0. The number of hydrogen-bond acceptors (Lipinski definition) is 2. The van der Waals surface area contributed by atoms with E-state index in [1.165, 1.54) is 69.9 Å². The molecule has 150 valence electrons. The summed E-state index contributed by atoms with van der Waals surface area (Å²) in [5.41, 5.74) is 2.78. The first-order chi connectivity index (χ1) is 13.2. The van der Waals surface area contributed by atoms with Gasteiger partial charge in [0.15, 0.2) is 0 Å². The molecule has 2 saturated carbocycles. The number of hydrogen-bond donors (Lipinski definition) is 2. The van der Waals surface area contributed by atoms with Crippen molar-refractivity contribution in [1.82, 2.24) is 0 Å². The van der Waals surface area contributed by atoms with Gasteiger partial charge in [-0.3, -0.25) is 0 Å². The van der Waals surface area contributed by atoms with Crippen LogP contribution < -0.4 is 5.32 Å². The van der Waals surface area contributed by atoms with Crippen LogP contribution in [0.1, 0.15) is 75.7 Å². The van der Waals surface area contributed by atoms with Gasteiger partial charge in [-0.05, 0) is 92.7 Å². The van der Waals surface area contributed by atoms with Gasteiger partial charge in [0.1, 0.15) is 0 Å². The second kappa shape index (κ2) is 11.9. The standard InChI is InChI=1S/C23H35N.C2H4O/c1-3-4-5-18-6-8-19(9-7-18)20-10-12-21(13-11-20)22-14-16-23(24-2)17-15-22;1-2-3/h3,14-21,24H,1,4-13H2,2H3;2-3H,1H2. The molecule has 0 amide bonds. The van der Waals surface area contributed by atoms with E-state index in [1.807, 2.05) is 7.05 Å². The van der Waals surface area contributed by atoms with Crippen molar-refractivity contribution in [2.75, 3.05) is 12.4 Å². The van der Waals surface area contributed by atoms with Crippen molar-refractivity contribution in [1.29, 1.82) is 0 Å². The molecule has 0 atom stereocenters. The van der Waals surface area contributed by atoms with E-state index in [2.05, 4.69) is 48.8 Å². The maximum absolute atomic E-state index is 7.33. The van der Waals surface area contributed by atoms with Crippen LogP contribution in [-0.4, -0.2) is 12.2 Å². The minimum atomic E-state index is 0.750. The Morgan fingerprint density at radius 2 is 1.44 bits per heavy atom. The van der Waals surface area contributed by atoms with Gasteiger partial charge in [-0.25, -0.2) is 0 Å². The van der Waals surface area contributed by atoms with E-state index >= 15 is 0 Å². The van der Waals surface area contributed by atoms with Gasteiger partial charge < -0.3 is 10.4 Å². The number of nitrogens with one attached hydrogen (secondary N) is 1. The molecule has 0 bridgehead atoms. The molecule has 0 aliphatic heterocycles. The van der Waals surface area contributed by atoms with Crippen LogP contribution in [0, 0.1) is 17.8 Å². The van der Waals surface area contributed by atoms with E-state index < -0.39 is 0 Å². The van der Waals surface area contributed by atoms with E-state index in [4.69, 9.17) is 5.11 Å². The third-order valence-electron chi connectivity index (χ3n) is 6.78. The van der Waals surface area contributed by atoms with Crippen LogP contribution in [0.5, 0.6) is 0 Å². The first-order valence-corrected chi connectivity index (χ1v) is 10.9. The second-order valence-corrected chi connectivity index (χ2v) is 8.31. The molecule has 0 spiro atoms. The Morgan fingerprint density at radius 1 is 0.926 bits per heavy atom. The molecule has 0 unspecified atom stereocenters. The van der Waals surface area contributed by atoms with Gasteiger partial charge >= 0.3 is 0 Å². The van der Waals surface area contributed by atoms with Crippen molar-refractivity contribution < 1.29 is 5.11 Å². The zero-order valence-corrected chi connectivity index (χ0v) is 17.2. The van der Waals surface area contributed by atoms with Crippen molar-refractivity contribution in [2.24, 2.45) is 17.8 Å². The minimum Gasteiger partial charge on any atom is -0.516 e. The summed E-state index contributed by atoms with van der Waals surface area (Å²) in [6, 6.07) is 9.13. The zero-order chi connectivity index (χ0) is 19.5. The Kier molecular flexibility index (Phi) is 9.52. The topological polar surface area (TPSA) is 32.3 Å². The van der Waals surface area contributed by atoms with Crippen molar-refractivity contribution in [3.8, 4) is 0 Å². The van der Waals surface area contributed by atoms with Crippen LogP contribution in [0.25, 0.3) is 0 Å². The van der Waals surface area contributed by atoms with Crippen LogP contribution >= 0.6 is 0 Å². The summed E-state index contributed by atoms with van der Waals surface area (Å²) >= 11 is 0. The summed E-state index contributed by atoms with van der Waals surface area (Å²) in [6.07, 6.45) is 17.1. The average molecular weight is 370 g/mol. The Bertz CT molecular complexity index is 534. The molecule has 0 radical (unpaired) electrons. The fraction of sp³-hybridized carbons (Fsp3) is 0.600. The van der Waals surface area contributed by atoms with Crippen LogP contribution in [0.15, 0.2) is 49.8 Å². The van der Waals surface area contributed by atoms with Gasteiger partial charge in [-0.15, -0.1) is 6.58 Å². The lowest BCUT2D eigenvalue weighted by Crippen LogP contribution is -2.25. The van der Waals surface area contributed by atoms with E-state index in [0.717, 1.165) is 29.9 Å². The first kappa shape index (κ1) is 21.6. The highest BCUT2D eigenvalue weighted by atomic mass is 16.2.